The molecule has 0 N–H and O–H groups in total. The van der Waals surface area contributed by atoms with Crippen molar-refractivity contribution < 1.29 is 14.3 Å². The molecule has 3 rings (SSSR count). The lowest BCUT2D eigenvalue weighted by Gasteiger charge is -2.24. The van der Waals surface area contributed by atoms with Crippen molar-refractivity contribution in [2.24, 2.45) is 0 Å². The van der Waals surface area contributed by atoms with Crippen LogP contribution in [0.1, 0.15) is 75.0 Å². The first-order chi connectivity index (χ1) is 16.0. The van der Waals surface area contributed by atoms with E-state index in [2.05, 4.69) is 35.4 Å². The third-order valence-corrected chi connectivity index (χ3v) is 7.17. The minimum atomic E-state index is -0.163. The molecule has 4 bridgehead atoms. The Morgan fingerprint density at radius 2 is 1.61 bits per heavy atom. The molecule has 5 nitrogen and oxygen atoms in total. The molecule has 33 heavy (non-hydrogen) atoms. The molecule has 5 heteroatoms. The van der Waals surface area contributed by atoms with Gasteiger partial charge in [0.1, 0.15) is 11.9 Å². The number of methoxy groups -OCH3 is 1. The number of aryl methyl sites for hydroxylation is 2. The first kappa shape index (κ1) is 25.8. The van der Waals surface area contributed by atoms with Gasteiger partial charge in [0.25, 0.3) is 0 Å². The van der Waals surface area contributed by atoms with Crippen molar-refractivity contribution in [2.45, 2.75) is 77.7 Å². The highest BCUT2D eigenvalue weighted by Gasteiger charge is 2.19. The number of rotatable bonds is 2. The number of esters is 1. The molecule has 1 fully saturated rings. The van der Waals surface area contributed by atoms with Gasteiger partial charge < -0.3 is 19.3 Å². The van der Waals surface area contributed by atoms with Crippen LogP contribution in [0.4, 0.5) is 0 Å². The quantitative estimate of drug-likeness (QED) is 0.569. The van der Waals surface area contributed by atoms with E-state index in [1.54, 1.807) is 7.11 Å². The lowest BCUT2D eigenvalue weighted by molar-refractivity contribution is -0.147. The van der Waals surface area contributed by atoms with Crippen molar-refractivity contribution in [3.05, 3.63) is 35.4 Å². The molecule has 184 valence electrons. The van der Waals surface area contributed by atoms with E-state index >= 15 is 0 Å². The van der Waals surface area contributed by atoms with Crippen LogP contribution in [-0.4, -0.2) is 68.3 Å². The highest BCUT2D eigenvalue weighted by Crippen LogP contribution is 2.31. The van der Waals surface area contributed by atoms with Crippen LogP contribution < -0.4 is 4.74 Å². The normalized spacial score (nSPS) is 25.9. The second-order valence-corrected chi connectivity index (χ2v) is 9.85. The molecule has 1 aromatic rings. The fraction of sp³-hybridized carbons (Fsp3) is 0.679. The van der Waals surface area contributed by atoms with Gasteiger partial charge in [-0.05, 0) is 119 Å². The van der Waals surface area contributed by atoms with Gasteiger partial charge in [-0.2, -0.15) is 0 Å². The number of hydrogen-bond acceptors (Lipinski definition) is 5. The molecule has 0 aliphatic carbocycles. The number of carbonyl (C=O) groups excluding carboxylic acids is 1. The molecule has 0 aromatic heterocycles. The number of allylic oxidation sites excluding steroid dienone is 1. The summed E-state index contributed by atoms with van der Waals surface area (Å²) >= 11 is 0. The van der Waals surface area contributed by atoms with Crippen molar-refractivity contribution in [2.75, 3.05) is 46.4 Å². The molecule has 2 aliphatic rings. The van der Waals surface area contributed by atoms with E-state index in [9.17, 15) is 4.79 Å². The van der Waals surface area contributed by atoms with Crippen molar-refractivity contribution in [3.8, 4) is 5.75 Å². The highest BCUT2D eigenvalue weighted by atomic mass is 16.5. The van der Waals surface area contributed by atoms with E-state index in [1.165, 1.54) is 61.5 Å². The molecule has 3 atom stereocenters. The lowest BCUT2D eigenvalue weighted by Crippen LogP contribution is -2.33. The van der Waals surface area contributed by atoms with E-state index in [1.807, 2.05) is 0 Å². The smallest absolute Gasteiger partial charge is 0.302 e. The SMILES string of the molecule is C=C1CCCCN2CCCN(CCC(OC(C)=O)CCCCc3cc1cc(C)c3OC)CC2. The zero-order valence-corrected chi connectivity index (χ0v) is 21.2. The Morgan fingerprint density at radius 3 is 2.33 bits per heavy atom. The number of ether oxygens (including phenoxy) is 2. The molecule has 3 unspecified atom stereocenters. The summed E-state index contributed by atoms with van der Waals surface area (Å²) in [7, 11) is 1.76. The van der Waals surface area contributed by atoms with E-state index in [-0.39, 0.29) is 12.1 Å². The summed E-state index contributed by atoms with van der Waals surface area (Å²) in [5.41, 5.74) is 4.94. The molecule has 2 heterocycles. The van der Waals surface area contributed by atoms with Gasteiger partial charge in [0.2, 0.25) is 0 Å². The second kappa shape index (κ2) is 13.1. The summed E-state index contributed by atoms with van der Waals surface area (Å²) in [6.07, 6.45) is 9.61. The number of hydrogen-bond donors (Lipinski definition) is 0. The topological polar surface area (TPSA) is 42.0 Å². The van der Waals surface area contributed by atoms with Crippen molar-refractivity contribution in [1.29, 1.82) is 0 Å². The van der Waals surface area contributed by atoms with Crippen molar-refractivity contribution in [3.63, 3.8) is 0 Å². The van der Waals surface area contributed by atoms with Crippen LogP contribution in [0.2, 0.25) is 0 Å². The van der Waals surface area contributed by atoms with Crippen LogP contribution in [0.3, 0.4) is 0 Å². The first-order valence-corrected chi connectivity index (χ1v) is 12.9. The number of carbonyl (C=O) groups is 1. The number of fused-ring (bicyclic) bond motifs is 5. The van der Waals surface area contributed by atoms with E-state index in [0.29, 0.717) is 0 Å². The van der Waals surface area contributed by atoms with Gasteiger partial charge in [0.15, 0.2) is 0 Å². The molecular weight excluding hydrogens is 412 g/mol. The second-order valence-electron chi connectivity index (χ2n) is 9.85. The fourth-order valence-corrected chi connectivity index (χ4v) is 5.33. The van der Waals surface area contributed by atoms with Gasteiger partial charge in [-0.25, -0.2) is 0 Å². The Hall–Kier alpha value is -1.85. The minimum absolute atomic E-state index is 0.0127. The van der Waals surface area contributed by atoms with Crippen LogP contribution in [0.5, 0.6) is 5.75 Å². The third-order valence-electron chi connectivity index (χ3n) is 7.17. The number of nitrogens with zero attached hydrogens (tertiary/aromatic N) is 2. The average molecular weight is 457 g/mol. The summed E-state index contributed by atoms with van der Waals surface area (Å²) < 4.78 is 11.4. The maximum absolute atomic E-state index is 11.7. The molecule has 1 saturated heterocycles. The Kier molecular flexibility index (Phi) is 10.3. The maximum Gasteiger partial charge on any atom is 0.302 e. The van der Waals surface area contributed by atoms with Gasteiger partial charge in [-0.15, -0.1) is 0 Å². The Morgan fingerprint density at radius 1 is 0.909 bits per heavy atom. The van der Waals surface area contributed by atoms with E-state index in [4.69, 9.17) is 9.47 Å². The minimum Gasteiger partial charge on any atom is -0.496 e. The van der Waals surface area contributed by atoms with Crippen molar-refractivity contribution in [1.82, 2.24) is 9.80 Å². The van der Waals surface area contributed by atoms with Crippen LogP contribution in [-0.2, 0) is 16.0 Å². The highest BCUT2D eigenvalue weighted by molar-refractivity contribution is 5.67. The van der Waals surface area contributed by atoms with Crippen LogP contribution >= 0.6 is 0 Å². The monoisotopic (exact) mass is 456 g/mol. The van der Waals surface area contributed by atoms with E-state index in [0.717, 1.165) is 70.5 Å². The van der Waals surface area contributed by atoms with Gasteiger partial charge in [0, 0.05) is 26.6 Å². The summed E-state index contributed by atoms with van der Waals surface area (Å²) in [5.74, 6) is 0.839. The first-order valence-electron chi connectivity index (χ1n) is 12.9. The van der Waals surface area contributed by atoms with Crippen molar-refractivity contribution >= 4 is 11.5 Å². The Balaban J connectivity index is 1.74. The van der Waals surface area contributed by atoms with Gasteiger partial charge in [-0.1, -0.05) is 6.58 Å². The molecule has 0 amide bonds. The lowest BCUT2D eigenvalue weighted by atomic mass is 9.94. The summed E-state index contributed by atoms with van der Waals surface area (Å²) in [4.78, 5) is 16.9. The largest absolute Gasteiger partial charge is 0.496 e. The maximum atomic E-state index is 11.7. The van der Waals surface area contributed by atoms with E-state index < -0.39 is 0 Å². The molecule has 0 spiro atoms. The third kappa shape index (κ3) is 8.15. The summed E-state index contributed by atoms with van der Waals surface area (Å²) in [6.45, 7) is 14.9. The van der Waals surface area contributed by atoms with Gasteiger partial charge in [0.05, 0.1) is 7.11 Å². The van der Waals surface area contributed by atoms with Crippen LogP contribution in [0.25, 0.3) is 5.57 Å². The van der Waals surface area contributed by atoms with Gasteiger partial charge >= 0.3 is 5.97 Å². The molecule has 0 radical (unpaired) electrons. The van der Waals surface area contributed by atoms with Crippen LogP contribution in [0, 0.1) is 6.92 Å². The average Bonchev–Trinajstić information content (AvgIpc) is 3.01. The van der Waals surface area contributed by atoms with Gasteiger partial charge in [-0.3, -0.25) is 4.79 Å². The summed E-state index contributed by atoms with van der Waals surface area (Å²) in [5, 5.41) is 0. The molecule has 0 saturated carbocycles. The zero-order chi connectivity index (χ0) is 23.6. The predicted octanol–water partition coefficient (Wildman–Crippen LogP) is 5.24. The Bertz CT molecular complexity index is 792. The zero-order valence-electron chi connectivity index (χ0n) is 21.2. The Labute approximate surface area is 201 Å². The molecule has 1 aromatic carbocycles. The predicted molar refractivity (Wildman–Crippen MR) is 136 cm³/mol. The summed E-state index contributed by atoms with van der Waals surface area (Å²) in [6, 6.07) is 4.52. The van der Waals surface area contributed by atoms with Crippen LogP contribution in [0.15, 0.2) is 18.7 Å². The standard InChI is InChI=1S/C28H44N2O3/c1-22-10-7-8-14-29-15-9-16-30(19-18-29)17-13-27(33-24(3)31)12-6-5-11-25-21-26(22)20-23(2)28(25)32-4/h20-21,27H,1,5-19H2,2-4H3. The molecular formula is C28H44N2O3. The number of benzene rings is 1. The molecule has 2 aliphatic heterocycles. The fourth-order valence-electron chi connectivity index (χ4n) is 5.33.